The Morgan fingerprint density at radius 3 is 2.37 bits per heavy atom. The Bertz CT molecular complexity index is 418. The summed E-state index contributed by atoms with van der Waals surface area (Å²) >= 11 is 0. The molecule has 5 heteroatoms. The highest BCUT2D eigenvalue weighted by atomic mass is 16.3. The summed E-state index contributed by atoms with van der Waals surface area (Å²) in [4.78, 5) is 9.10. The summed E-state index contributed by atoms with van der Waals surface area (Å²) in [5, 5.41) is 15.6. The average molecular weight is 266 g/mol. The first-order chi connectivity index (χ1) is 8.93. The molecule has 0 saturated carbocycles. The summed E-state index contributed by atoms with van der Waals surface area (Å²) < 4.78 is 0. The number of aryl methyl sites for hydroxylation is 1. The molecule has 1 rings (SSSR count). The maximum Gasteiger partial charge on any atom is 0.135 e. The van der Waals surface area contributed by atoms with Gasteiger partial charge >= 0.3 is 0 Å². The van der Waals surface area contributed by atoms with Gasteiger partial charge in [-0.15, -0.1) is 0 Å². The van der Waals surface area contributed by atoms with Crippen molar-refractivity contribution in [2.24, 2.45) is 0 Å². The Hall–Kier alpha value is -1.36. The summed E-state index contributed by atoms with van der Waals surface area (Å²) in [5.74, 6) is 2.56. The lowest BCUT2D eigenvalue weighted by atomic mass is 10.0. The van der Waals surface area contributed by atoms with E-state index in [9.17, 15) is 0 Å². The first kappa shape index (κ1) is 15.7. The van der Waals surface area contributed by atoms with E-state index in [4.69, 9.17) is 5.11 Å². The number of nitrogens with one attached hydrogen (secondary N) is 2. The molecule has 108 valence electrons. The lowest BCUT2D eigenvalue weighted by Gasteiger charge is -2.27. The predicted molar refractivity (Wildman–Crippen MR) is 79.7 cm³/mol. The standard InChI is InChI=1S/C14H26N4O/c1-6-7-11-16-12(15-5)10(2)13(17-11)18-14(3,4)8-9-19/h19H,6-9H2,1-5H3,(H2,15,16,17,18). The molecule has 0 aliphatic carbocycles. The van der Waals surface area contributed by atoms with E-state index in [1.165, 1.54) is 0 Å². The Balaban J connectivity index is 3.07. The summed E-state index contributed by atoms with van der Waals surface area (Å²) in [6, 6.07) is 0. The van der Waals surface area contributed by atoms with Crippen LogP contribution in [0.1, 0.15) is 45.0 Å². The van der Waals surface area contributed by atoms with Crippen molar-refractivity contribution in [2.45, 2.75) is 52.5 Å². The highest BCUT2D eigenvalue weighted by Crippen LogP contribution is 2.24. The third-order valence-electron chi connectivity index (χ3n) is 3.10. The van der Waals surface area contributed by atoms with E-state index in [-0.39, 0.29) is 12.1 Å². The van der Waals surface area contributed by atoms with E-state index in [1.54, 1.807) is 0 Å². The summed E-state index contributed by atoms with van der Waals surface area (Å²) in [5.41, 5.74) is 0.816. The van der Waals surface area contributed by atoms with Crippen LogP contribution in [0, 0.1) is 6.92 Å². The van der Waals surface area contributed by atoms with Crippen LogP contribution in [0.3, 0.4) is 0 Å². The fourth-order valence-corrected chi connectivity index (χ4v) is 1.93. The highest BCUT2D eigenvalue weighted by molar-refractivity contribution is 5.57. The van der Waals surface area contributed by atoms with Crippen LogP contribution in [0.25, 0.3) is 0 Å². The van der Waals surface area contributed by atoms with Gasteiger partial charge in [-0.05, 0) is 33.6 Å². The van der Waals surface area contributed by atoms with Gasteiger partial charge in [0.2, 0.25) is 0 Å². The molecule has 0 bridgehead atoms. The molecule has 1 aromatic rings. The van der Waals surface area contributed by atoms with E-state index in [0.29, 0.717) is 6.42 Å². The minimum absolute atomic E-state index is 0.158. The number of hydrogen-bond donors (Lipinski definition) is 3. The Kier molecular flexibility index (Phi) is 5.54. The lowest BCUT2D eigenvalue weighted by molar-refractivity contribution is 0.260. The van der Waals surface area contributed by atoms with Crippen molar-refractivity contribution >= 4 is 11.6 Å². The van der Waals surface area contributed by atoms with Crippen molar-refractivity contribution in [1.82, 2.24) is 9.97 Å². The molecule has 0 aliphatic rings. The molecule has 0 saturated heterocycles. The third-order valence-corrected chi connectivity index (χ3v) is 3.10. The number of anilines is 2. The summed E-state index contributed by atoms with van der Waals surface area (Å²) in [6.45, 7) is 8.39. The predicted octanol–water partition coefficient (Wildman–Crippen LogP) is 2.35. The number of aromatic nitrogens is 2. The lowest BCUT2D eigenvalue weighted by Crippen LogP contribution is -2.33. The minimum atomic E-state index is -0.192. The molecule has 0 spiro atoms. The Labute approximate surface area is 115 Å². The number of nitrogens with zero attached hydrogens (tertiary/aromatic N) is 2. The Morgan fingerprint density at radius 2 is 1.84 bits per heavy atom. The number of hydrogen-bond acceptors (Lipinski definition) is 5. The summed E-state index contributed by atoms with van der Waals surface area (Å²) in [7, 11) is 1.87. The van der Waals surface area contributed by atoms with Crippen LogP contribution < -0.4 is 10.6 Å². The zero-order valence-corrected chi connectivity index (χ0v) is 12.7. The molecular weight excluding hydrogens is 240 g/mol. The van der Waals surface area contributed by atoms with Crippen LogP contribution in [-0.4, -0.2) is 34.3 Å². The molecular formula is C14H26N4O. The van der Waals surface area contributed by atoms with Crippen LogP contribution in [0.2, 0.25) is 0 Å². The van der Waals surface area contributed by atoms with Crippen molar-refractivity contribution < 1.29 is 5.11 Å². The van der Waals surface area contributed by atoms with Crippen LogP contribution in [0.4, 0.5) is 11.6 Å². The quantitative estimate of drug-likeness (QED) is 0.706. The molecule has 19 heavy (non-hydrogen) atoms. The van der Waals surface area contributed by atoms with Crippen molar-refractivity contribution in [3.05, 3.63) is 11.4 Å². The maximum atomic E-state index is 9.10. The van der Waals surface area contributed by atoms with Gasteiger partial charge in [0.1, 0.15) is 17.5 Å². The fraction of sp³-hybridized carbons (Fsp3) is 0.714. The van der Waals surface area contributed by atoms with Crippen LogP contribution in [0.15, 0.2) is 0 Å². The third kappa shape index (κ3) is 4.35. The minimum Gasteiger partial charge on any atom is -0.396 e. The molecule has 1 aromatic heterocycles. The van der Waals surface area contributed by atoms with Gasteiger partial charge < -0.3 is 15.7 Å². The van der Waals surface area contributed by atoms with Gasteiger partial charge in [-0.1, -0.05) is 6.92 Å². The largest absolute Gasteiger partial charge is 0.396 e. The van der Waals surface area contributed by atoms with Gasteiger partial charge in [0.15, 0.2) is 0 Å². The maximum absolute atomic E-state index is 9.10. The van der Waals surface area contributed by atoms with Crippen LogP contribution in [-0.2, 0) is 6.42 Å². The molecule has 0 aromatic carbocycles. The second-order valence-electron chi connectivity index (χ2n) is 5.44. The fourth-order valence-electron chi connectivity index (χ4n) is 1.93. The summed E-state index contributed by atoms with van der Waals surface area (Å²) in [6.07, 6.45) is 2.56. The average Bonchev–Trinajstić information content (AvgIpc) is 2.33. The molecule has 1 heterocycles. The first-order valence-corrected chi connectivity index (χ1v) is 6.87. The second kappa shape index (κ2) is 6.70. The van der Waals surface area contributed by atoms with Gasteiger partial charge in [-0.2, -0.15) is 0 Å². The van der Waals surface area contributed by atoms with E-state index in [0.717, 1.165) is 35.9 Å². The van der Waals surface area contributed by atoms with Crippen molar-refractivity contribution in [3.8, 4) is 0 Å². The monoisotopic (exact) mass is 266 g/mol. The second-order valence-corrected chi connectivity index (χ2v) is 5.44. The molecule has 0 fully saturated rings. The molecule has 3 N–H and O–H groups in total. The molecule has 0 radical (unpaired) electrons. The van der Waals surface area contributed by atoms with Crippen molar-refractivity contribution in [1.29, 1.82) is 0 Å². The van der Waals surface area contributed by atoms with Crippen LogP contribution >= 0.6 is 0 Å². The number of aliphatic hydroxyl groups is 1. The van der Waals surface area contributed by atoms with Crippen molar-refractivity contribution in [3.63, 3.8) is 0 Å². The van der Waals surface area contributed by atoms with Crippen molar-refractivity contribution in [2.75, 3.05) is 24.3 Å². The smallest absolute Gasteiger partial charge is 0.135 e. The van der Waals surface area contributed by atoms with E-state index in [1.807, 2.05) is 14.0 Å². The molecule has 5 nitrogen and oxygen atoms in total. The van der Waals surface area contributed by atoms with Crippen LogP contribution in [0.5, 0.6) is 0 Å². The number of rotatable bonds is 7. The first-order valence-electron chi connectivity index (χ1n) is 6.87. The molecule has 0 unspecified atom stereocenters. The van der Waals surface area contributed by atoms with E-state index in [2.05, 4.69) is 41.4 Å². The highest BCUT2D eigenvalue weighted by Gasteiger charge is 2.20. The molecule has 0 atom stereocenters. The van der Waals surface area contributed by atoms with Gasteiger partial charge in [0.25, 0.3) is 0 Å². The van der Waals surface area contributed by atoms with E-state index < -0.39 is 0 Å². The zero-order chi connectivity index (χ0) is 14.5. The number of aliphatic hydroxyl groups excluding tert-OH is 1. The van der Waals surface area contributed by atoms with Gasteiger partial charge in [0, 0.05) is 31.2 Å². The van der Waals surface area contributed by atoms with Gasteiger partial charge in [-0.25, -0.2) is 9.97 Å². The van der Waals surface area contributed by atoms with E-state index >= 15 is 0 Å². The zero-order valence-electron chi connectivity index (χ0n) is 12.7. The topological polar surface area (TPSA) is 70.1 Å². The van der Waals surface area contributed by atoms with Gasteiger partial charge in [0.05, 0.1) is 0 Å². The normalized spacial score (nSPS) is 11.5. The molecule has 0 aliphatic heterocycles. The molecule has 0 amide bonds. The van der Waals surface area contributed by atoms with Gasteiger partial charge in [-0.3, -0.25) is 0 Å². The Morgan fingerprint density at radius 1 is 1.21 bits per heavy atom. The SMILES string of the molecule is CCCc1nc(NC)c(C)c(NC(C)(C)CCO)n1.